The topological polar surface area (TPSA) is 39.4 Å². The molecule has 1 aromatic carbocycles. The average molecular weight is 190 g/mol. The van der Waals surface area contributed by atoms with Crippen molar-refractivity contribution in [3.05, 3.63) is 30.0 Å². The molecule has 0 aliphatic rings. The number of carbonyl (C=O) groups excluding carboxylic acids is 1. The van der Waals surface area contributed by atoms with Crippen LogP contribution in [0.5, 0.6) is 5.75 Å². The Labute approximate surface area is 81.3 Å². The lowest BCUT2D eigenvalue weighted by molar-refractivity contribution is -0.107. The average Bonchev–Trinajstić information content (AvgIpc) is 2.61. The molecule has 0 unspecified atom stereocenters. The van der Waals surface area contributed by atoms with Crippen molar-refractivity contribution < 1.29 is 13.9 Å². The van der Waals surface area contributed by atoms with Crippen LogP contribution in [0.25, 0.3) is 11.0 Å². The fraction of sp³-hybridized carbons (Fsp3) is 0.182. The summed E-state index contributed by atoms with van der Waals surface area (Å²) >= 11 is 0. The molecular weight excluding hydrogens is 180 g/mol. The van der Waals surface area contributed by atoms with E-state index in [1.807, 2.05) is 18.2 Å². The summed E-state index contributed by atoms with van der Waals surface area (Å²) in [6.07, 6.45) is 2.85. The molecule has 0 fully saturated rings. The Kier molecular flexibility index (Phi) is 2.23. The molecule has 0 saturated carbocycles. The van der Waals surface area contributed by atoms with Gasteiger partial charge in [-0.1, -0.05) is 0 Å². The first-order valence-electron chi connectivity index (χ1n) is 4.33. The van der Waals surface area contributed by atoms with E-state index in [1.165, 1.54) is 0 Å². The molecule has 72 valence electrons. The van der Waals surface area contributed by atoms with E-state index in [2.05, 4.69) is 0 Å². The minimum absolute atomic E-state index is 0.375. The van der Waals surface area contributed by atoms with Gasteiger partial charge in [0.1, 0.15) is 17.6 Å². The van der Waals surface area contributed by atoms with Crippen LogP contribution >= 0.6 is 0 Å². The number of ether oxygens (including phenoxy) is 1. The van der Waals surface area contributed by atoms with Gasteiger partial charge in [-0.15, -0.1) is 0 Å². The number of carbonyl (C=O) groups is 1. The van der Waals surface area contributed by atoms with Crippen LogP contribution in [0.1, 0.15) is 5.56 Å². The molecule has 0 amide bonds. The molecule has 0 aliphatic heterocycles. The van der Waals surface area contributed by atoms with Crippen molar-refractivity contribution in [1.29, 1.82) is 0 Å². The number of hydrogen-bond donors (Lipinski definition) is 0. The van der Waals surface area contributed by atoms with Crippen LogP contribution < -0.4 is 4.74 Å². The second-order valence-corrected chi connectivity index (χ2v) is 2.99. The van der Waals surface area contributed by atoms with Gasteiger partial charge in [0.25, 0.3) is 0 Å². The summed E-state index contributed by atoms with van der Waals surface area (Å²) in [4.78, 5) is 10.4. The van der Waals surface area contributed by atoms with Crippen molar-refractivity contribution in [3.8, 4) is 5.75 Å². The second kappa shape index (κ2) is 3.54. The lowest BCUT2D eigenvalue weighted by Crippen LogP contribution is -1.84. The first-order chi connectivity index (χ1) is 6.85. The SMILES string of the molecule is COc1ccc2occ(CC=O)c2c1. The molecule has 14 heavy (non-hydrogen) atoms. The number of benzene rings is 1. The van der Waals surface area contributed by atoms with Crippen LogP contribution in [0.15, 0.2) is 28.9 Å². The van der Waals surface area contributed by atoms with Gasteiger partial charge in [0.2, 0.25) is 0 Å². The number of furan rings is 1. The monoisotopic (exact) mass is 190 g/mol. The molecule has 3 nitrogen and oxygen atoms in total. The van der Waals surface area contributed by atoms with Crippen molar-refractivity contribution in [3.63, 3.8) is 0 Å². The third-order valence-corrected chi connectivity index (χ3v) is 2.16. The molecule has 0 atom stereocenters. The second-order valence-electron chi connectivity index (χ2n) is 2.99. The zero-order chi connectivity index (χ0) is 9.97. The molecule has 3 heteroatoms. The van der Waals surface area contributed by atoms with Crippen molar-refractivity contribution in [1.82, 2.24) is 0 Å². The molecule has 0 spiro atoms. The van der Waals surface area contributed by atoms with Crippen LogP contribution in [0.2, 0.25) is 0 Å². The number of aldehydes is 1. The van der Waals surface area contributed by atoms with Crippen molar-refractivity contribution in [2.24, 2.45) is 0 Å². The van der Waals surface area contributed by atoms with Crippen molar-refractivity contribution >= 4 is 17.3 Å². The zero-order valence-electron chi connectivity index (χ0n) is 7.82. The van der Waals surface area contributed by atoms with Crippen molar-refractivity contribution in [2.45, 2.75) is 6.42 Å². The quantitative estimate of drug-likeness (QED) is 0.696. The summed E-state index contributed by atoms with van der Waals surface area (Å²) in [7, 11) is 1.61. The summed E-state index contributed by atoms with van der Waals surface area (Å²) in [6.45, 7) is 0. The van der Waals surface area contributed by atoms with Gasteiger partial charge in [-0.2, -0.15) is 0 Å². The number of fused-ring (bicyclic) bond motifs is 1. The lowest BCUT2D eigenvalue weighted by atomic mass is 10.1. The molecular formula is C11H10O3. The minimum atomic E-state index is 0.375. The fourth-order valence-corrected chi connectivity index (χ4v) is 1.44. The summed E-state index contributed by atoms with van der Waals surface area (Å²) in [5, 5.41) is 0.941. The Morgan fingerprint density at radius 3 is 3.07 bits per heavy atom. The van der Waals surface area contributed by atoms with E-state index in [0.29, 0.717) is 6.42 Å². The van der Waals surface area contributed by atoms with E-state index in [-0.39, 0.29) is 0 Å². The van der Waals surface area contributed by atoms with Crippen LogP contribution in [-0.4, -0.2) is 13.4 Å². The smallest absolute Gasteiger partial charge is 0.134 e. The van der Waals surface area contributed by atoms with Crippen LogP contribution in [0.3, 0.4) is 0 Å². The predicted molar refractivity (Wildman–Crippen MR) is 52.5 cm³/mol. The molecule has 0 saturated heterocycles. The Morgan fingerprint density at radius 2 is 2.36 bits per heavy atom. The normalized spacial score (nSPS) is 10.4. The van der Waals surface area contributed by atoms with Gasteiger partial charge < -0.3 is 13.9 Å². The maximum atomic E-state index is 10.4. The first kappa shape index (κ1) is 8.81. The number of hydrogen-bond acceptors (Lipinski definition) is 3. The molecule has 0 radical (unpaired) electrons. The third kappa shape index (κ3) is 1.37. The van der Waals surface area contributed by atoms with Crippen LogP contribution in [0.4, 0.5) is 0 Å². The third-order valence-electron chi connectivity index (χ3n) is 2.16. The minimum Gasteiger partial charge on any atom is -0.497 e. The molecule has 1 aromatic heterocycles. The van der Waals surface area contributed by atoms with Gasteiger partial charge in [0, 0.05) is 17.4 Å². The Hall–Kier alpha value is -1.77. The predicted octanol–water partition coefficient (Wildman–Crippen LogP) is 2.18. The summed E-state index contributed by atoms with van der Waals surface area (Å²) < 4.78 is 10.4. The van der Waals surface area contributed by atoms with E-state index in [0.717, 1.165) is 28.6 Å². The van der Waals surface area contributed by atoms with Gasteiger partial charge >= 0.3 is 0 Å². The van der Waals surface area contributed by atoms with Crippen molar-refractivity contribution in [2.75, 3.05) is 7.11 Å². The maximum absolute atomic E-state index is 10.4. The molecule has 0 aliphatic carbocycles. The standard InChI is InChI=1S/C11H10O3/c1-13-9-2-3-11-10(6-9)8(4-5-12)7-14-11/h2-3,5-7H,4H2,1H3. The Balaban J connectivity index is 2.57. The zero-order valence-corrected chi connectivity index (χ0v) is 7.82. The largest absolute Gasteiger partial charge is 0.497 e. The first-order valence-corrected chi connectivity index (χ1v) is 4.33. The Morgan fingerprint density at radius 1 is 1.50 bits per heavy atom. The van der Waals surface area contributed by atoms with Gasteiger partial charge in [-0.25, -0.2) is 0 Å². The Bertz CT molecular complexity index is 457. The molecule has 2 aromatic rings. The molecule has 0 N–H and O–H groups in total. The van der Waals surface area contributed by atoms with E-state index in [1.54, 1.807) is 13.4 Å². The highest BCUT2D eigenvalue weighted by atomic mass is 16.5. The molecule has 0 bridgehead atoms. The lowest BCUT2D eigenvalue weighted by Gasteiger charge is -1.98. The van der Waals surface area contributed by atoms with E-state index < -0.39 is 0 Å². The number of rotatable bonds is 3. The van der Waals surface area contributed by atoms with E-state index in [9.17, 15) is 4.79 Å². The molecule has 2 rings (SSSR count). The van der Waals surface area contributed by atoms with Gasteiger partial charge in [-0.3, -0.25) is 0 Å². The van der Waals surface area contributed by atoms with Gasteiger partial charge in [-0.05, 0) is 18.2 Å². The summed E-state index contributed by atoms with van der Waals surface area (Å²) in [6, 6.07) is 5.54. The maximum Gasteiger partial charge on any atom is 0.134 e. The number of methoxy groups -OCH3 is 1. The highest BCUT2D eigenvalue weighted by Crippen LogP contribution is 2.25. The molecule has 1 heterocycles. The summed E-state index contributed by atoms with van der Waals surface area (Å²) in [5.41, 5.74) is 1.68. The van der Waals surface area contributed by atoms with E-state index in [4.69, 9.17) is 9.15 Å². The van der Waals surface area contributed by atoms with Gasteiger partial charge in [0.15, 0.2) is 0 Å². The van der Waals surface area contributed by atoms with Gasteiger partial charge in [0.05, 0.1) is 13.4 Å². The van der Waals surface area contributed by atoms with Crippen LogP contribution in [0, 0.1) is 0 Å². The van der Waals surface area contributed by atoms with Crippen LogP contribution in [-0.2, 0) is 11.2 Å². The highest BCUT2D eigenvalue weighted by molar-refractivity contribution is 5.84. The van der Waals surface area contributed by atoms with E-state index >= 15 is 0 Å². The highest BCUT2D eigenvalue weighted by Gasteiger charge is 2.05. The fourth-order valence-electron chi connectivity index (χ4n) is 1.44. The summed E-state index contributed by atoms with van der Waals surface area (Å²) in [5.74, 6) is 0.769.